The van der Waals surface area contributed by atoms with Crippen LogP contribution in [0.15, 0.2) is 30.3 Å². The number of carbonyl (C=O) groups excluding carboxylic acids is 1. The molecule has 3 heterocycles. The van der Waals surface area contributed by atoms with Gasteiger partial charge in [-0.3, -0.25) is 9.59 Å². The Labute approximate surface area is 193 Å². The van der Waals surface area contributed by atoms with E-state index in [-0.39, 0.29) is 24.2 Å². The van der Waals surface area contributed by atoms with Gasteiger partial charge in [-0.2, -0.15) is 0 Å². The third kappa shape index (κ3) is 3.64. The zero-order valence-electron chi connectivity index (χ0n) is 19.4. The van der Waals surface area contributed by atoms with E-state index >= 15 is 0 Å². The van der Waals surface area contributed by atoms with Gasteiger partial charge in [0.15, 0.2) is 11.5 Å². The average Bonchev–Trinajstić information content (AvgIpc) is 3.19. The predicted molar refractivity (Wildman–Crippen MR) is 122 cm³/mol. The largest absolute Gasteiger partial charge is 0.481 e. The molecule has 33 heavy (non-hydrogen) atoms. The van der Waals surface area contributed by atoms with Crippen LogP contribution in [0.4, 0.5) is 5.69 Å². The number of anilines is 1. The SMILES string of the molecule is Cc1cc2c3c(c1)[C@@H](c1cccc4c1OCO4)O[C@H](CC(=O)O)C(=O)N3[C@H](C(C)(C)C)CC2. The van der Waals surface area contributed by atoms with Crippen molar-refractivity contribution in [2.24, 2.45) is 5.41 Å². The van der Waals surface area contributed by atoms with Crippen molar-refractivity contribution in [1.29, 1.82) is 0 Å². The number of carboxylic acids is 1. The quantitative estimate of drug-likeness (QED) is 0.746. The second-order valence-corrected chi connectivity index (χ2v) is 10.2. The van der Waals surface area contributed by atoms with Crippen LogP contribution in [-0.4, -0.2) is 35.9 Å². The van der Waals surface area contributed by atoms with Crippen molar-refractivity contribution in [2.45, 2.75) is 65.2 Å². The summed E-state index contributed by atoms with van der Waals surface area (Å²) in [5, 5.41) is 9.61. The van der Waals surface area contributed by atoms with E-state index in [1.165, 1.54) is 0 Å². The number of aliphatic carboxylic acids is 1. The van der Waals surface area contributed by atoms with Crippen molar-refractivity contribution in [3.05, 3.63) is 52.6 Å². The van der Waals surface area contributed by atoms with Gasteiger partial charge in [-0.25, -0.2) is 0 Å². The summed E-state index contributed by atoms with van der Waals surface area (Å²) in [7, 11) is 0. The zero-order valence-corrected chi connectivity index (χ0v) is 19.4. The van der Waals surface area contributed by atoms with E-state index in [1.807, 2.05) is 36.1 Å². The Morgan fingerprint density at radius 1 is 1.18 bits per heavy atom. The zero-order chi connectivity index (χ0) is 23.5. The van der Waals surface area contributed by atoms with Gasteiger partial charge < -0.3 is 24.2 Å². The minimum atomic E-state index is -1.12. The number of carbonyl (C=O) groups is 2. The van der Waals surface area contributed by atoms with E-state index in [0.29, 0.717) is 11.5 Å². The van der Waals surface area contributed by atoms with Gasteiger partial charge in [0.2, 0.25) is 6.79 Å². The van der Waals surface area contributed by atoms with Gasteiger partial charge in [0.05, 0.1) is 12.1 Å². The van der Waals surface area contributed by atoms with E-state index in [4.69, 9.17) is 14.2 Å². The van der Waals surface area contributed by atoms with Crippen molar-refractivity contribution < 1.29 is 28.9 Å². The summed E-state index contributed by atoms with van der Waals surface area (Å²) < 4.78 is 17.7. The molecule has 1 amide bonds. The summed E-state index contributed by atoms with van der Waals surface area (Å²) in [6.45, 7) is 8.50. The van der Waals surface area contributed by atoms with E-state index in [0.717, 1.165) is 40.8 Å². The van der Waals surface area contributed by atoms with Crippen LogP contribution in [0.5, 0.6) is 11.5 Å². The van der Waals surface area contributed by atoms with Gasteiger partial charge in [-0.1, -0.05) is 50.6 Å². The van der Waals surface area contributed by atoms with Gasteiger partial charge in [-0.15, -0.1) is 0 Å². The van der Waals surface area contributed by atoms with Crippen LogP contribution < -0.4 is 14.4 Å². The predicted octanol–water partition coefficient (Wildman–Crippen LogP) is 4.38. The first-order valence-corrected chi connectivity index (χ1v) is 11.4. The van der Waals surface area contributed by atoms with Gasteiger partial charge in [0.25, 0.3) is 5.91 Å². The van der Waals surface area contributed by atoms with Crippen LogP contribution in [-0.2, 0) is 20.7 Å². The Kier molecular flexibility index (Phi) is 5.12. The molecule has 2 aromatic rings. The van der Waals surface area contributed by atoms with E-state index in [9.17, 15) is 14.7 Å². The van der Waals surface area contributed by atoms with Crippen LogP contribution in [0.25, 0.3) is 0 Å². The van der Waals surface area contributed by atoms with Crippen LogP contribution in [0, 0.1) is 12.3 Å². The maximum absolute atomic E-state index is 13.9. The lowest BCUT2D eigenvalue weighted by atomic mass is 9.78. The minimum Gasteiger partial charge on any atom is -0.481 e. The van der Waals surface area contributed by atoms with E-state index in [2.05, 4.69) is 26.8 Å². The molecule has 5 rings (SSSR count). The first-order valence-electron chi connectivity index (χ1n) is 11.4. The van der Waals surface area contributed by atoms with Crippen molar-refractivity contribution in [1.82, 2.24) is 0 Å². The molecule has 0 aromatic heterocycles. The number of amides is 1. The maximum atomic E-state index is 13.9. The highest BCUT2D eigenvalue weighted by Crippen LogP contribution is 2.50. The van der Waals surface area contributed by atoms with Gasteiger partial charge in [0.1, 0.15) is 12.2 Å². The number of hydrogen-bond acceptors (Lipinski definition) is 5. The fraction of sp³-hybridized carbons (Fsp3) is 0.462. The average molecular weight is 452 g/mol. The van der Waals surface area contributed by atoms with E-state index < -0.39 is 24.6 Å². The Morgan fingerprint density at radius 3 is 2.70 bits per heavy atom. The highest BCUT2D eigenvalue weighted by molar-refractivity contribution is 6.01. The molecule has 0 radical (unpaired) electrons. The summed E-state index contributed by atoms with van der Waals surface area (Å²) >= 11 is 0. The molecule has 1 N–H and O–H groups in total. The Morgan fingerprint density at radius 2 is 1.97 bits per heavy atom. The van der Waals surface area contributed by atoms with Crippen LogP contribution >= 0.6 is 0 Å². The van der Waals surface area contributed by atoms with Crippen LogP contribution in [0.2, 0.25) is 0 Å². The molecule has 0 saturated heterocycles. The monoisotopic (exact) mass is 451 g/mol. The first-order chi connectivity index (χ1) is 15.6. The number of nitrogens with zero attached hydrogens (tertiary/aromatic N) is 1. The Bertz CT molecular complexity index is 1130. The molecule has 0 spiro atoms. The third-order valence-electron chi connectivity index (χ3n) is 6.77. The smallest absolute Gasteiger partial charge is 0.306 e. The molecule has 0 bridgehead atoms. The minimum absolute atomic E-state index is 0.0707. The Hall–Kier alpha value is -3.06. The lowest BCUT2D eigenvalue weighted by Gasteiger charge is -2.45. The highest BCUT2D eigenvalue weighted by atomic mass is 16.7. The van der Waals surface area contributed by atoms with Gasteiger partial charge >= 0.3 is 5.97 Å². The molecule has 3 aliphatic heterocycles. The molecule has 2 aromatic carbocycles. The number of carboxylic acid groups (broad SMARTS) is 1. The maximum Gasteiger partial charge on any atom is 0.306 e. The number of aryl methyl sites for hydroxylation is 2. The van der Waals surface area contributed by atoms with Crippen molar-refractivity contribution in [3.8, 4) is 11.5 Å². The second kappa shape index (κ2) is 7.76. The van der Waals surface area contributed by atoms with Crippen LogP contribution in [0.3, 0.4) is 0 Å². The molecule has 3 aliphatic rings. The summed E-state index contributed by atoms with van der Waals surface area (Å²) in [6.07, 6.45) is -0.523. The van der Waals surface area contributed by atoms with Crippen molar-refractivity contribution >= 4 is 17.6 Å². The molecular formula is C26H29NO6. The van der Waals surface area contributed by atoms with Crippen molar-refractivity contribution in [2.75, 3.05) is 11.7 Å². The van der Waals surface area contributed by atoms with Gasteiger partial charge in [-0.05, 0) is 36.8 Å². The molecule has 0 aliphatic carbocycles. The first kappa shape index (κ1) is 21.8. The van der Waals surface area contributed by atoms with Crippen LogP contribution in [0.1, 0.15) is 62.0 Å². The molecule has 174 valence electrons. The normalized spacial score (nSPS) is 23.8. The highest BCUT2D eigenvalue weighted by Gasteiger charge is 2.46. The van der Waals surface area contributed by atoms with Crippen molar-refractivity contribution in [3.63, 3.8) is 0 Å². The molecule has 7 heteroatoms. The topological polar surface area (TPSA) is 85.3 Å². The molecular weight excluding hydrogens is 422 g/mol. The molecule has 0 unspecified atom stereocenters. The number of para-hydroxylation sites is 1. The van der Waals surface area contributed by atoms with E-state index in [1.54, 1.807) is 0 Å². The van der Waals surface area contributed by atoms with Gasteiger partial charge in [0, 0.05) is 17.2 Å². The fourth-order valence-corrected chi connectivity index (χ4v) is 5.37. The number of fused-ring (bicyclic) bond motifs is 1. The Balaban J connectivity index is 1.76. The summed E-state index contributed by atoms with van der Waals surface area (Å²) in [5.74, 6) is -0.171. The standard InChI is InChI=1S/C26H29NO6/c1-14-10-15-8-9-20(26(2,3)4)27-22(15)17(11-14)23(33-19(25(27)30)12-21(28)29)16-6-5-7-18-24(16)32-13-31-18/h5-7,10-11,19-20,23H,8-9,12-13H2,1-4H3,(H,28,29)/t19-,20+,23-/m1/s1. The molecule has 0 saturated carbocycles. The number of ether oxygens (including phenoxy) is 3. The summed E-state index contributed by atoms with van der Waals surface area (Å²) in [5.41, 5.74) is 4.43. The molecule has 0 fully saturated rings. The molecule has 3 atom stereocenters. The number of rotatable bonds is 3. The fourth-order valence-electron chi connectivity index (χ4n) is 5.37. The summed E-state index contributed by atoms with van der Waals surface area (Å²) in [4.78, 5) is 27.5. The lowest BCUT2D eigenvalue weighted by Crippen LogP contribution is -2.53. The number of hydrogen-bond donors (Lipinski definition) is 1. The second-order valence-electron chi connectivity index (χ2n) is 10.2. The number of benzene rings is 2. The molecule has 7 nitrogen and oxygen atoms in total. The summed E-state index contributed by atoms with van der Waals surface area (Å²) in [6, 6.07) is 9.70. The third-order valence-corrected chi connectivity index (χ3v) is 6.77. The lowest BCUT2D eigenvalue weighted by molar-refractivity contribution is -0.147.